The van der Waals surface area contributed by atoms with E-state index in [9.17, 15) is 19.4 Å². The number of carbonyl (C=O) groups excluding carboxylic acids is 1. The maximum absolute atomic E-state index is 13.4. The Morgan fingerprint density at radius 3 is 2.53 bits per heavy atom. The van der Waals surface area contributed by atoms with Crippen molar-refractivity contribution in [1.82, 2.24) is 0 Å². The number of halogens is 1. The maximum atomic E-state index is 13.4. The average Bonchev–Trinajstić information content (AvgIpc) is 2.27. The first-order valence-corrected chi connectivity index (χ1v) is 4.75. The van der Waals surface area contributed by atoms with E-state index in [0.717, 1.165) is 13.2 Å². The second-order valence-electron chi connectivity index (χ2n) is 3.40. The summed E-state index contributed by atoms with van der Waals surface area (Å²) in [5.41, 5.74) is 0.0915. The number of benzene rings is 1. The molecule has 0 spiro atoms. The van der Waals surface area contributed by atoms with E-state index in [-0.39, 0.29) is 11.1 Å². The molecule has 0 aliphatic carbocycles. The van der Waals surface area contributed by atoms with Gasteiger partial charge in [0.15, 0.2) is 23.4 Å². The normalized spacial score (nSPS) is 12.1. The van der Waals surface area contributed by atoms with Gasteiger partial charge in [-0.2, -0.15) is 0 Å². The van der Waals surface area contributed by atoms with Crippen molar-refractivity contribution in [2.24, 2.45) is 0 Å². The van der Waals surface area contributed by atoms with E-state index in [1.165, 1.54) is 14.0 Å². The van der Waals surface area contributed by atoms with Gasteiger partial charge in [-0.25, -0.2) is 9.18 Å². The summed E-state index contributed by atoms with van der Waals surface area (Å²) in [6, 6.07) is 1.06. The van der Waals surface area contributed by atoms with Crippen LogP contribution in [0.2, 0.25) is 0 Å². The molecule has 5 nitrogen and oxygen atoms in total. The summed E-state index contributed by atoms with van der Waals surface area (Å²) in [4.78, 5) is 11.2. The molecule has 1 aromatic rings. The van der Waals surface area contributed by atoms with Crippen LogP contribution in [0.5, 0.6) is 11.5 Å². The Kier molecular flexibility index (Phi) is 3.90. The van der Waals surface area contributed by atoms with E-state index in [4.69, 9.17) is 0 Å². The quantitative estimate of drug-likeness (QED) is 0.777. The molecule has 0 radical (unpaired) electrons. The number of esters is 1. The van der Waals surface area contributed by atoms with E-state index in [0.29, 0.717) is 0 Å². The van der Waals surface area contributed by atoms with Gasteiger partial charge in [0.2, 0.25) is 0 Å². The molecule has 1 rings (SSSR count). The average molecular weight is 244 g/mol. The van der Waals surface area contributed by atoms with Crippen molar-refractivity contribution < 1.29 is 28.9 Å². The highest BCUT2D eigenvalue weighted by Crippen LogP contribution is 2.38. The number of aliphatic hydroxyl groups is 1. The van der Waals surface area contributed by atoms with Crippen molar-refractivity contribution in [3.8, 4) is 11.5 Å². The van der Waals surface area contributed by atoms with Crippen molar-refractivity contribution in [3.63, 3.8) is 0 Å². The molecule has 1 aromatic carbocycles. The summed E-state index contributed by atoms with van der Waals surface area (Å²) in [6.45, 7) is 1.45. The number of aryl methyl sites for hydroxylation is 1. The summed E-state index contributed by atoms with van der Waals surface area (Å²) in [5.74, 6) is -2.75. The molecule has 1 unspecified atom stereocenters. The van der Waals surface area contributed by atoms with Gasteiger partial charge in [-0.3, -0.25) is 0 Å². The molecule has 0 heterocycles. The van der Waals surface area contributed by atoms with E-state index in [1.54, 1.807) is 0 Å². The number of rotatable bonds is 3. The van der Waals surface area contributed by atoms with Gasteiger partial charge in [0, 0.05) is 5.56 Å². The van der Waals surface area contributed by atoms with Gasteiger partial charge < -0.3 is 19.7 Å². The zero-order valence-electron chi connectivity index (χ0n) is 9.65. The van der Waals surface area contributed by atoms with Gasteiger partial charge in [0.1, 0.15) is 0 Å². The molecule has 0 aliphatic rings. The Bertz CT molecular complexity index is 444. The third-order valence-electron chi connectivity index (χ3n) is 2.36. The fourth-order valence-corrected chi connectivity index (χ4v) is 1.52. The molecule has 0 fully saturated rings. The molecule has 0 saturated heterocycles. The standard InChI is InChI=1S/C11H13FO5/c1-5-4-6(12)10(16-2)8(13)7(5)9(14)11(15)17-3/h4,9,13-14H,1-3H3. The Morgan fingerprint density at radius 2 is 2.06 bits per heavy atom. The largest absolute Gasteiger partial charge is 0.504 e. The number of methoxy groups -OCH3 is 2. The Balaban J connectivity index is 3.38. The zero-order valence-corrected chi connectivity index (χ0v) is 9.65. The third-order valence-corrected chi connectivity index (χ3v) is 2.36. The van der Waals surface area contributed by atoms with Crippen LogP contribution >= 0.6 is 0 Å². The minimum atomic E-state index is -1.69. The van der Waals surface area contributed by atoms with Crippen molar-refractivity contribution in [2.45, 2.75) is 13.0 Å². The maximum Gasteiger partial charge on any atom is 0.339 e. The smallest absolute Gasteiger partial charge is 0.339 e. The predicted molar refractivity (Wildman–Crippen MR) is 56.3 cm³/mol. The number of hydrogen-bond acceptors (Lipinski definition) is 5. The third kappa shape index (κ3) is 2.31. The highest BCUT2D eigenvalue weighted by atomic mass is 19.1. The highest BCUT2D eigenvalue weighted by Gasteiger charge is 2.27. The van der Waals surface area contributed by atoms with Gasteiger partial charge in [0.25, 0.3) is 0 Å². The SMILES string of the molecule is COC(=O)C(O)c1c(C)cc(F)c(OC)c1O. The number of aromatic hydroxyl groups is 1. The van der Waals surface area contributed by atoms with Crippen LogP contribution in [0.25, 0.3) is 0 Å². The van der Waals surface area contributed by atoms with Crippen LogP contribution in [-0.2, 0) is 9.53 Å². The monoisotopic (exact) mass is 244 g/mol. The lowest BCUT2D eigenvalue weighted by Crippen LogP contribution is -2.15. The van der Waals surface area contributed by atoms with E-state index in [2.05, 4.69) is 9.47 Å². The number of aliphatic hydroxyl groups excluding tert-OH is 1. The van der Waals surface area contributed by atoms with Crippen LogP contribution in [-0.4, -0.2) is 30.4 Å². The highest BCUT2D eigenvalue weighted by molar-refractivity contribution is 5.78. The Labute approximate surface area is 97.4 Å². The summed E-state index contributed by atoms with van der Waals surface area (Å²) in [7, 11) is 2.26. The molecular weight excluding hydrogens is 231 g/mol. The second kappa shape index (κ2) is 5.01. The van der Waals surface area contributed by atoms with E-state index < -0.39 is 29.4 Å². The summed E-state index contributed by atoms with van der Waals surface area (Å²) < 4.78 is 22.3. The lowest BCUT2D eigenvalue weighted by molar-refractivity contribution is -0.150. The fourth-order valence-electron chi connectivity index (χ4n) is 1.52. The minimum Gasteiger partial charge on any atom is -0.504 e. The van der Waals surface area contributed by atoms with E-state index >= 15 is 0 Å². The molecule has 6 heteroatoms. The number of carbonyl (C=O) groups is 1. The molecule has 0 bridgehead atoms. The molecule has 0 aromatic heterocycles. The van der Waals surface area contributed by atoms with Crippen LogP contribution in [0, 0.1) is 12.7 Å². The van der Waals surface area contributed by atoms with Gasteiger partial charge >= 0.3 is 5.97 Å². The minimum absolute atomic E-state index is 0.130. The molecule has 1 atom stereocenters. The van der Waals surface area contributed by atoms with Crippen LogP contribution < -0.4 is 4.74 Å². The van der Waals surface area contributed by atoms with Gasteiger partial charge in [-0.1, -0.05) is 0 Å². The first kappa shape index (κ1) is 13.2. The van der Waals surface area contributed by atoms with Crippen molar-refractivity contribution >= 4 is 5.97 Å². The predicted octanol–water partition coefficient (Wildman–Crippen LogP) is 1.05. The number of hydrogen-bond donors (Lipinski definition) is 2. The first-order chi connectivity index (χ1) is 7.93. The lowest BCUT2D eigenvalue weighted by atomic mass is 10.0. The summed E-state index contributed by atoms with van der Waals surface area (Å²) in [5, 5.41) is 19.4. The van der Waals surface area contributed by atoms with Crippen molar-refractivity contribution in [3.05, 3.63) is 23.0 Å². The van der Waals surface area contributed by atoms with Gasteiger partial charge in [0.05, 0.1) is 14.2 Å². The molecule has 94 valence electrons. The lowest BCUT2D eigenvalue weighted by Gasteiger charge is -2.16. The second-order valence-corrected chi connectivity index (χ2v) is 3.40. The molecule has 0 saturated carbocycles. The number of phenols is 1. The summed E-state index contributed by atoms with van der Waals surface area (Å²) >= 11 is 0. The number of phenolic OH excluding ortho intramolecular Hbond substituents is 1. The molecule has 2 N–H and O–H groups in total. The van der Waals surface area contributed by atoms with Gasteiger partial charge in [-0.05, 0) is 18.6 Å². The number of ether oxygens (including phenoxy) is 2. The van der Waals surface area contributed by atoms with Crippen LogP contribution in [0.1, 0.15) is 17.2 Å². The fraction of sp³-hybridized carbons (Fsp3) is 0.364. The van der Waals surface area contributed by atoms with Crippen molar-refractivity contribution in [1.29, 1.82) is 0 Å². The molecule has 17 heavy (non-hydrogen) atoms. The first-order valence-electron chi connectivity index (χ1n) is 4.75. The Hall–Kier alpha value is -1.82. The Morgan fingerprint density at radius 1 is 1.47 bits per heavy atom. The molecular formula is C11H13FO5. The van der Waals surface area contributed by atoms with Gasteiger partial charge in [-0.15, -0.1) is 0 Å². The molecule has 0 amide bonds. The van der Waals surface area contributed by atoms with Crippen LogP contribution in [0.4, 0.5) is 4.39 Å². The molecule has 0 aliphatic heterocycles. The zero-order chi connectivity index (χ0) is 13.2. The van der Waals surface area contributed by atoms with Crippen LogP contribution in [0.3, 0.4) is 0 Å². The van der Waals surface area contributed by atoms with Crippen LogP contribution in [0.15, 0.2) is 6.07 Å². The summed E-state index contributed by atoms with van der Waals surface area (Å²) in [6.07, 6.45) is -1.69. The van der Waals surface area contributed by atoms with Crippen molar-refractivity contribution in [2.75, 3.05) is 14.2 Å². The van der Waals surface area contributed by atoms with E-state index in [1.807, 2.05) is 0 Å². The topological polar surface area (TPSA) is 76.0 Å².